The van der Waals surface area contributed by atoms with E-state index in [1.807, 2.05) is 0 Å². The van der Waals surface area contributed by atoms with Crippen LogP contribution in [0, 0.1) is 0 Å². The van der Waals surface area contributed by atoms with Gasteiger partial charge < -0.3 is 19.9 Å². The lowest BCUT2D eigenvalue weighted by molar-refractivity contribution is -0.124. The van der Waals surface area contributed by atoms with Crippen LogP contribution in [0.5, 0.6) is 0 Å². The predicted octanol–water partition coefficient (Wildman–Crippen LogP) is 2.45. The van der Waals surface area contributed by atoms with Crippen molar-refractivity contribution in [2.45, 2.75) is 25.8 Å². The molecule has 8 heteroatoms. The Morgan fingerprint density at radius 2 is 1.84 bits per heavy atom. The van der Waals surface area contributed by atoms with Crippen LogP contribution in [0.15, 0.2) is 48.5 Å². The van der Waals surface area contributed by atoms with E-state index in [1.165, 1.54) is 4.90 Å². The maximum Gasteiger partial charge on any atom is 0.338 e. The van der Waals surface area contributed by atoms with Crippen molar-refractivity contribution in [1.82, 2.24) is 4.90 Å². The third-order valence-corrected chi connectivity index (χ3v) is 5.47. The summed E-state index contributed by atoms with van der Waals surface area (Å²) < 4.78 is 4.95. The van der Waals surface area contributed by atoms with Gasteiger partial charge in [0, 0.05) is 12.2 Å². The zero-order valence-corrected chi connectivity index (χ0v) is 17.2. The molecule has 0 aliphatic carbocycles. The minimum Gasteiger partial charge on any atom is -0.462 e. The molecule has 2 aliphatic rings. The Hall–Kier alpha value is -3.68. The van der Waals surface area contributed by atoms with Gasteiger partial charge in [0.05, 0.1) is 23.4 Å². The first-order valence-corrected chi connectivity index (χ1v) is 10.3. The second-order valence-corrected chi connectivity index (χ2v) is 7.44. The zero-order chi connectivity index (χ0) is 22.0. The molecule has 0 radical (unpaired) electrons. The Kier molecular flexibility index (Phi) is 5.70. The molecule has 1 saturated heterocycles. The normalized spacial score (nSPS) is 17.6. The lowest BCUT2D eigenvalue weighted by atomic mass is 10.1. The highest BCUT2D eigenvalue weighted by Gasteiger charge is 2.42. The number of anilines is 2. The van der Waals surface area contributed by atoms with Crippen molar-refractivity contribution in [2.24, 2.45) is 0 Å². The highest BCUT2D eigenvalue weighted by Crippen LogP contribution is 2.32. The average molecular weight is 421 g/mol. The number of esters is 1. The number of rotatable bonds is 5. The molecule has 0 aromatic heterocycles. The van der Waals surface area contributed by atoms with Gasteiger partial charge in [0.15, 0.2) is 0 Å². The molecule has 31 heavy (non-hydrogen) atoms. The Bertz CT molecular complexity index is 1030. The van der Waals surface area contributed by atoms with Crippen LogP contribution >= 0.6 is 0 Å². The number of amides is 3. The van der Waals surface area contributed by atoms with Gasteiger partial charge >= 0.3 is 5.97 Å². The first kappa shape index (κ1) is 20.6. The third-order valence-electron chi connectivity index (χ3n) is 5.47. The Balaban J connectivity index is 1.53. The molecule has 0 unspecified atom stereocenters. The third kappa shape index (κ3) is 4.01. The fourth-order valence-electron chi connectivity index (χ4n) is 4.02. The molecule has 1 fully saturated rings. The second-order valence-electron chi connectivity index (χ2n) is 7.44. The molecule has 0 saturated carbocycles. The van der Waals surface area contributed by atoms with Gasteiger partial charge in [-0.05, 0) is 56.2 Å². The topological polar surface area (TPSA) is 96.0 Å². The monoisotopic (exact) mass is 421 g/mol. The van der Waals surface area contributed by atoms with Crippen LogP contribution in [0.1, 0.15) is 40.5 Å². The summed E-state index contributed by atoms with van der Waals surface area (Å²) >= 11 is 0. The van der Waals surface area contributed by atoms with Crippen molar-refractivity contribution in [3.63, 3.8) is 0 Å². The van der Waals surface area contributed by atoms with Crippen LogP contribution < -0.4 is 10.2 Å². The van der Waals surface area contributed by atoms with Gasteiger partial charge in [0.2, 0.25) is 11.8 Å². The Morgan fingerprint density at radius 3 is 2.58 bits per heavy atom. The van der Waals surface area contributed by atoms with E-state index in [0.29, 0.717) is 35.5 Å². The van der Waals surface area contributed by atoms with Crippen LogP contribution in [0.2, 0.25) is 0 Å². The number of benzene rings is 2. The van der Waals surface area contributed by atoms with Gasteiger partial charge in [-0.3, -0.25) is 14.4 Å². The lowest BCUT2D eigenvalue weighted by Crippen LogP contribution is -2.47. The van der Waals surface area contributed by atoms with Crippen molar-refractivity contribution in [2.75, 3.05) is 29.9 Å². The van der Waals surface area contributed by atoms with Crippen LogP contribution in [-0.2, 0) is 14.3 Å². The summed E-state index contributed by atoms with van der Waals surface area (Å²) in [6.07, 6.45) is 1.35. The van der Waals surface area contributed by atoms with E-state index in [2.05, 4.69) is 5.32 Å². The standard InChI is InChI=1S/C23H23N3O5/c1-2-31-23(30)15-9-11-16(12-10-15)24-20(27)14-26-18-7-4-3-6-17(18)21(28)25-13-5-8-19(25)22(26)29/h3-4,6-7,9-12,19H,2,5,8,13-14H2,1H3,(H,24,27)/t19-/m0/s1. The minimum absolute atomic E-state index is 0.177. The minimum atomic E-state index is -0.545. The molecule has 0 bridgehead atoms. The summed E-state index contributed by atoms with van der Waals surface area (Å²) in [7, 11) is 0. The second kappa shape index (κ2) is 8.59. The molecule has 2 aliphatic heterocycles. The van der Waals surface area contributed by atoms with Gasteiger partial charge in [0.1, 0.15) is 12.6 Å². The molecule has 4 rings (SSSR count). The molecular formula is C23H23N3O5. The SMILES string of the molecule is CCOC(=O)c1ccc(NC(=O)CN2C(=O)[C@@H]3CCCN3C(=O)c3ccccc32)cc1. The summed E-state index contributed by atoms with van der Waals surface area (Å²) in [6, 6.07) is 12.7. The first-order valence-electron chi connectivity index (χ1n) is 10.3. The van der Waals surface area contributed by atoms with E-state index >= 15 is 0 Å². The summed E-state index contributed by atoms with van der Waals surface area (Å²) in [6.45, 7) is 2.33. The van der Waals surface area contributed by atoms with Crippen molar-refractivity contribution in [3.8, 4) is 0 Å². The van der Waals surface area contributed by atoms with Crippen LogP contribution in [-0.4, -0.2) is 54.3 Å². The molecular weight excluding hydrogens is 398 g/mol. The fraction of sp³-hybridized carbons (Fsp3) is 0.304. The van der Waals surface area contributed by atoms with Crippen molar-refractivity contribution in [3.05, 3.63) is 59.7 Å². The lowest BCUT2D eigenvalue weighted by Gasteiger charge is -2.25. The van der Waals surface area contributed by atoms with E-state index < -0.39 is 17.9 Å². The summed E-state index contributed by atoms with van der Waals surface area (Å²) in [4.78, 5) is 53.6. The molecule has 2 heterocycles. The smallest absolute Gasteiger partial charge is 0.338 e. The van der Waals surface area contributed by atoms with Crippen molar-refractivity contribution in [1.29, 1.82) is 0 Å². The molecule has 3 amide bonds. The number of para-hydroxylation sites is 1. The zero-order valence-electron chi connectivity index (χ0n) is 17.2. The number of hydrogen-bond acceptors (Lipinski definition) is 5. The number of nitrogens with zero attached hydrogens (tertiary/aromatic N) is 2. The maximum atomic E-state index is 13.2. The number of carbonyl (C=O) groups excluding carboxylic acids is 4. The summed E-state index contributed by atoms with van der Waals surface area (Å²) in [5, 5.41) is 2.75. The van der Waals surface area contributed by atoms with Crippen molar-refractivity contribution < 1.29 is 23.9 Å². The van der Waals surface area contributed by atoms with E-state index in [4.69, 9.17) is 4.74 Å². The fourth-order valence-corrected chi connectivity index (χ4v) is 4.02. The van der Waals surface area contributed by atoms with Crippen LogP contribution in [0.4, 0.5) is 11.4 Å². The highest BCUT2D eigenvalue weighted by molar-refractivity contribution is 6.13. The van der Waals surface area contributed by atoms with Gasteiger partial charge in [-0.25, -0.2) is 4.79 Å². The molecule has 1 atom stereocenters. The van der Waals surface area contributed by atoms with Gasteiger partial charge in [-0.1, -0.05) is 12.1 Å². The number of carbonyl (C=O) groups is 4. The quantitative estimate of drug-likeness (QED) is 0.748. The molecule has 1 N–H and O–H groups in total. The molecule has 2 aromatic rings. The molecule has 2 aromatic carbocycles. The van der Waals surface area contributed by atoms with Crippen molar-refractivity contribution >= 4 is 35.1 Å². The average Bonchev–Trinajstić information content (AvgIpc) is 3.24. The van der Waals surface area contributed by atoms with Crippen LogP contribution in [0.25, 0.3) is 0 Å². The Morgan fingerprint density at radius 1 is 1.10 bits per heavy atom. The summed E-state index contributed by atoms with van der Waals surface area (Å²) in [5.74, 6) is -1.25. The largest absolute Gasteiger partial charge is 0.462 e. The first-order chi connectivity index (χ1) is 15.0. The maximum absolute atomic E-state index is 13.2. The Labute approximate surface area is 179 Å². The molecule has 160 valence electrons. The number of ether oxygens (including phenoxy) is 1. The van der Waals surface area contributed by atoms with Crippen LogP contribution in [0.3, 0.4) is 0 Å². The van der Waals surface area contributed by atoms with E-state index in [1.54, 1.807) is 60.4 Å². The number of hydrogen-bond donors (Lipinski definition) is 1. The van der Waals surface area contributed by atoms with Gasteiger partial charge in [0.25, 0.3) is 5.91 Å². The van der Waals surface area contributed by atoms with E-state index in [-0.39, 0.29) is 25.0 Å². The number of nitrogens with one attached hydrogen (secondary N) is 1. The number of fused-ring (bicyclic) bond motifs is 2. The molecule has 0 spiro atoms. The van der Waals surface area contributed by atoms with Gasteiger partial charge in [-0.2, -0.15) is 0 Å². The van der Waals surface area contributed by atoms with E-state index in [9.17, 15) is 19.2 Å². The summed E-state index contributed by atoms with van der Waals surface area (Å²) in [5.41, 5.74) is 1.75. The van der Waals surface area contributed by atoms with Gasteiger partial charge in [-0.15, -0.1) is 0 Å². The predicted molar refractivity (Wildman–Crippen MR) is 114 cm³/mol. The molecule has 8 nitrogen and oxygen atoms in total. The van der Waals surface area contributed by atoms with E-state index in [0.717, 1.165) is 6.42 Å². The highest BCUT2D eigenvalue weighted by atomic mass is 16.5.